The first-order chi connectivity index (χ1) is 10.1. The van der Waals surface area contributed by atoms with E-state index in [1.165, 1.54) is 4.88 Å². The zero-order valence-corrected chi connectivity index (χ0v) is 13.5. The molecule has 0 aliphatic carbocycles. The molecule has 2 amide bonds. The van der Waals surface area contributed by atoms with E-state index in [0.717, 1.165) is 5.69 Å². The van der Waals surface area contributed by atoms with Crippen molar-refractivity contribution in [1.82, 2.24) is 10.2 Å². The summed E-state index contributed by atoms with van der Waals surface area (Å²) in [6.07, 6.45) is 0. The maximum atomic E-state index is 11.9. The van der Waals surface area contributed by atoms with Crippen molar-refractivity contribution in [3.8, 4) is 0 Å². The number of benzene rings is 1. The van der Waals surface area contributed by atoms with Gasteiger partial charge >= 0.3 is 6.03 Å². The van der Waals surface area contributed by atoms with Gasteiger partial charge in [0.2, 0.25) is 0 Å². The van der Waals surface area contributed by atoms with Crippen molar-refractivity contribution in [1.29, 1.82) is 0 Å². The van der Waals surface area contributed by atoms with E-state index in [2.05, 4.69) is 21.6 Å². The molecule has 2 N–H and O–H groups in total. The van der Waals surface area contributed by atoms with E-state index in [9.17, 15) is 4.79 Å². The quantitative estimate of drug-likeness (QED) is 0.878. The smallest absolute Gasteiger partial charge is 0.319 e. The molecule has 2 aromatic rings. The Morgan fingerprint density at radius 2 is 2.00 bits per heavy atom. The summed E-state index contributed by atoms with van der Waals surface area (Å²) in [4.78, 5) is 15.2. The van der Waals surface area contributed by atoms with E-state index < -0.39 is 0 Å². The van der Waals surface area contributed by atoms with Crippen LogP contribution in [0.3, 0.4) is 0 Å². The summed E-state index contributed by atoms with van der Waals surface area (Å²) >= 11 is 7.50. The normalized spacial score (nSPS) is 12.2. The molecule has 1 aromatic heterocycles. The SMILES string of the molecule is CN(C)[C@@H](CNC(=O)Nc1ccc(Cl)cc1)c1cccs1. The van der Waals surface area contributed by atoms with Gasteiger partial charge in [0.05, 0.1) is 6.04 Å². The Bertz CT molecular complexity index is 569. The highest BCUT2D eigenvalue weighted by atomic mass is 35.5. The van der Waals surface area contributed by atoms with E-state index in [1.54, 1.807) is 35.6 Å². The maximum absolute atomic E-state index is 11.9. The molecule has 0 saturated carbocycles. The molecule has 0 bridgehead atoms. The van der Waals surface area contributed by atoms with Gasteiger partial charge in [0.1, 0.15) is 0 Å². The van der Waals surface area contributed by atoms with Gasteiger partial charge < -0.3 is 15.5 Å². The third-order valence-corrected chi connectivity index (χ3v) is 4.28. The maximum Gasteiger partial charge on any atom is 0.319 e. The van der Waals surface area contributed by atoms with Crippen LogP contribution in [0.1, 0.15) is 10.9 Å². The minimum absolute atomic E-state index is 0.168. The molecular formula is C15H18ClN3OS. The molecule has 0 aliphatic heterocycles. The van der Waals surface area contributed by atoms with Crippen LogP contribution in [0.2, 0.25) is 5.02 Å². The second-order valence-corrected chi connectivity index (χ2v) is 6.25. The Morgan fingerprint density at radius 3 is 2.57 bits per heavy atom. The summed E-state index contributed by atoms with van der Waals surface area (Å²) < 4.78 is 0. The van der Waals surface area contributed by atoms with Crippen molar-refractivity contribution in [3.05, 3.63) is 51.7 Å². The number of halogens is 1. The second-order valence-electron chi connectivity index (χ2n) is 4.84. The number of thiophene rings is 1. The van der Waals surface area contributed by atoms with Gasteiger partial charge in [-0.15, -0.1) is 11.3 Å². The molecule has 0 fully saturated rings. The number of nitrogens with one attached hydrogen (secondary N) is 2. The van der Waals surface area contributed by atoms with Crippen molar-refractivity contribution in [2.75, 3.05) is 26.0 Å². The number of urea groups is 1. The fourth-order valence-corrected chi connectivity index (χ4v) is 2.97. The van der Waals surface area contributed by atoms with Crippen LogP contribution in [0.4, 0.5) is 10.5 Å². The molecule has 0 spiro atoms. The van der Waals surface area contributed by atoms with Crippen LogP contribution in [-0.4, -0.2) is 31.6 Å². The lowest BCUT2D eigenvalue weighted by molar-refractivity contribution is 0.244. The summed E-state index contributed by atoms with van der Waals surface area (Å²) in [6.45, 7) is 0.549. The van der Waals surface area contributed by atoms with Crippen molar-refractivity contribution < 1.29 is 4.79 Å². The predicted octanol–water partition coefficient (Wildman–Crippen LogP) is 3.83. The minimum atomic E-state index is -0.222. The molecular weight excluding hydrogens is 306 g/mol. The molecule has 1 atom stereocenters. The first-order valence-corrected chi connectivity index (χ1v) is 7.82. The van der Waals surface area contributed by atoms with Crippen LogP contribution in [0, 0.1) is 0 Å². The topological polar surface area (TPSA) is 44.4 Å². The van der Waals surface area contributed by atoms with Crippen LogP contribution < -0.4 is 10.6 Å². The lowest BCUT2D eigenvalue weighted by Gasteiger charge is -2.23. The number of likely N-dealkylation sites (N-methyl/N-ethyl adjacent to an activating group) is 1. The highest BCUT2D eigenvalue weighted by molar-refractivity contribution is 7.10. The molecule has 112 valence electrons. The second kappa shape index (κ2) is 7.45. The molecule has 2 rings (SSSR count). The van der Waals surface area contributed by atoms with E-state index in [-0.39, 0.29) is 12.1 Å². The van der Waals surface area contributed by atoms with Crippen LogP contribution >= 0.6 is 22.9 Å². The zero-order valence-electron chi connectivity index (χ0n) is 12.0. The molecule has 0 aliphatic rings. The zero-order chi connectivity index (χ0) is 15.2. The average Bonchev–Trinajstić information content (AvgIpc) is 2.95. The van der Waals surface area contributed by atoms with Gasteiger partial charge in [-0.25, -0.2) is 4.79 Å². The molecule has 21 heavy (non-hydrogen) atoms. The van der Waals surface area contributed by atoms with Gasteiger partial charge in [0.25, 0.3) is 0 Å². The fraction of sp³-hybridized carbons (Fsp3) is 0.267. The average molecular weight is 324 g/mol. The monoisotopic (exact) mass is 323 g/mol. The van der Waals surface area contributed by atoms with Crippen molar-refractivity contribution in [2.45, 2.75) is 6.04 Å². The summed E-state index contributed by atoms with van der Waals surface area (Å²) in [6, 6.07) is 11.1. The fourth-order valence-electron chi connectivity index (χ4n) is 1.92. The Balaban J connectivity index is 1.89. The van der Waals surface area contributed by atoms with E-state index in [4.69, 9.17) is 11.6 Å². The Hall–Kier alpha value is -1.56. The van der Waals surface area contributed by atoms with Gasteiger partial charge in [0, 0.05) is 22.1 Å². The number of nitrogens with zero attached hydrogens (tertiary/aromatic N) is 1. The van der Waals surface area contributed by atoms with Gasteiger partial charge in [-0.1, -0.05) is 17.7 Å². The Morgan fingerprint density at radius 1 is 1.29 bits per heavy atom. The molecule has 0 unspecified atom stereocenters. The van der Waals surface area contributed by atoms with Gasteiger partial charge in [-0.05, 0) is 49.8 Å². The van der Waals surface area contributed by atoms with Crippen molar-refractivity contribution in [3.63, 3.8) is 0 Å². The first-order valence-electron chi connectivity index (χ1n) is 6.56. The first kappa shape index (κ1) is 15.8. The largest absolute Gasteiger partial charge is 0.336 e. The van der Waals surface area contributed by atoms with Crippen molar-refractivity contribution >= 4 is 34.7 Å². The lowest BCUT2D eigenvalue weighted by Crippen LogP contribution is -2.36. The minimum Gasteiger partial charge on any atom is -0.336 e. The number of rotatable bonds is 5. The highest BCUT2D eigenvalue weighted by Gasteiger charge is 2.16. The third kappa shape index (κ3) is 4.74. The van der Waals surface area contributed by atoms with E-state index in [1.807, 2.05) is 25.5 Å². The number of hydrogen-bond donors (Lipinski definition) is 2. The van der Waals surface area contributed by atoms with Crippen LogP contribution in [0.25, 0.3) is 0 Å². The molecule has 0 radical (unpaired) electrons. The standard InChI is InChI=1S/C15H18ClN3OS/c1-19(2)13(14-4-3-9-21-14)10-17-15(20)18-12-7-5-11(16)6-8-12/h3-9,13H,10H2,1-2H3,(H2,17,18,20)/t13-/m0/s1. The van der Waals surface area contributed by atoms with E-state index in [0.29, 0.717) is 11.6 Å². The number of carbonyl (C=O) groups is 1. The third-order valence-electron chi connectivity index (χ3n) is 3.05. The van der Waals surface area contributed by atoms with Gasteiger partial charge in [-0.2, -0.15) is 0 Å². The van der Waals surface area contributed by atoms with Gasteiger partial charge in [-0.3, -0.25) is 0 Å². The lowest BCUT2D eigenvalue weighted by atomic mass is 10.2. The molecule has 0 saturated heterocycles. The molecule has 4 nitrogen and oxygen atoms in total. The highest BCUT2D eigenvalue weighted by Crippen LogP contribution is 2.22. The van der Waals surface area contributed by atoms with Gasteiger partial charge in [0.15, 0.2) is 0 Å². The van der Waals surface area contributed by atoms with Crippen molar-refractivity contribution in [2.24, 2.45) is 0 Å². The summed E-state index contributed by atoms with van der Waals surface area (Å²) in [5.74, 6) is 0. The summed E-state index contributed by atoms with van der Waals surface area (Å²) in [5.41, 5.74) is 0.717. The van der Waals surface area contributed by atoms with E-state index >= 15 is 0 Å². The molecule has 1 heterocycles. The molecule has 6 heteroatoms. The number of hydrogen-bond acceptors (Lipinski definition) is 3. The number of anilines is 1. The molecule has 1 aromatic carbocycles. The predicted molar refractivity (Wildman–Crippen MR) is 89.2 cm³/mol. The van der Waals surface area contributed by atoms with Crippen LogP contribution in [-0.2, 0) is 0 Å². The summed E-state index contributed by atoms with van der Waals surface area (Å²) in [7, 11) is 4.01. The van der Waals surface area contributed by atoms with Crippen LogP contribution in [0.5, 0.6) is 0 Å². The Labute approximate surface area is 133 Å². The van der Waals surface area contributed by atoms with Crippen LogP contribution in [0.15, 0.2) is 41.8 Å². The summed E-state index contributed by atoms with van der Waals surface area (Å²) in [5, 5.41) is 8.37. The number of amides is 2. The number of carbonyl (C=O) groups excluding carboxylic acids is 1. The Kier molecular flexibility index (Phi) is 5.61.